The predicted octanol–water partition coefficient (Wildman–Crippen LogP) is 3.51. The minimum atomic E-state index is -0.357. The van der Waals surface area contributed by atoms with Gasteiger partial charge in [-0.25, -0.2) is 4.39 Å². The number of halogens is 1. The molecule has 2 nitrogen and oxygen atoms in total. The van der Waals surface area contributed by atoms with Gasteiger partial charge in [-0.1, -0.05) is 24.3 Å². The van der Waals surface area contributed by atoms with E-state index in [-0.39, 0.29) is 11.6 Å². The largest absolute Gasteiger partial charge is 0.454 e. The van der Waals surface area contributed by atoms with Crippen molar-refractivity contribution < 1.29 is 9.13 Å². The van der Waals surface area contributed by atoms with Crippen molar-refractivity contribution >= 4 is 0 Å². The van der Waals surface area contributed by atoms with E-state index in [2.05, 4.69) is 0 Å². The van der Waals surface area contributed by atoms with Gasteiger partial charge < -0.3 is 10.5 Å². The minimum absolute atomic E-state index is 0.243. The molecule has 0 radical (unpaired) electrons. The number of ether oxygens (including phenoxy) is 1. The van der Waals surface area contributed by atoms with Gasteiger partial charge in [-0.3, -0.25) is 0 Å². The molecule has 0 aromatic heterocycles. The molecule has 0 fully saturated rings. The lowest BCUT2D eigenvalue weighted by Crippen LogP contribution is -2.00. The second-order valence-corrected chi connectivity index (χ2v) is 4.07. The quantitative estimate of drug-likeness (QED) is 0.874. The number of para-hydroxylation sites is 1. The average Bonchev–Trinajstić information content (AvgIpc) is 2.41. The van der Waals surface area contributed by atoms with E-state index in [0.29, 0.717) is 12.3 Å². The minimum Gasteiger partial charge on any atom is -0.454 e. The molecule has 3 heteroatoms. The van der Waals surface area contributed by atoms with Gasteiger partial charge in [0.2, 0.25) is 0 Å². The first-order valence-electron chi connectivity index (χ1n) is 6.01. The molecular formula is C15H16FNO. The van der Waals surface area contributed by atoms with Gasteiger partial charge in [-0.15, -0.1) is 0 Å². The van der Waals surface area contributed by atoms with Gasteiger partial charge in [-0.05, 0) is 49.2 Å². The van der Waals surface area contributed by atoms with Crippen LogP contribution in [0.25, 0.3) is 0 Å². The van der Waals surface area contributed by atoms with Gasteiger partial charge in [0.05, 0.1) is 0 Å². The monoisotopic (exact) mass is 245 g/mol. The molecular weight excluding hydrogens is 229 g/mol. The fourth-order valence-corrected chi connectivity index (χ4v) is 1.68. The van der Waals surface area contributed by atoms with Crippen LogP contribution in [-0.4, -0.2) is 6.54 Å². The second kappa shape index (κ2) is 6.17. The first kappa shape index (κ1) is 12.6. The third-order valence-corrected chi connectivity index (χ3v) is 2.66. The first-order valence-corrected chi connectivity index (χ1v) is 6.01. The van der Waals surface area contributed by atoms with Crippen molar-refractivity contribution in [2.24, 2.45) is 5.73 Å². The normalized spacial score (nSPS) is 10.3. The Balaban J connectivity index is 2.04. The number of hydrogen-bond donors (Lipinski definition) is 1. The number of benzene rings is 2. The highest BCUT2D eigenvalue weighted by molar-refractivity contribution is 5.33. The molecule has 0 saturated heterocycles. The van der Waals surface area contributed by atoms with Gasteiger partial charge in [0.15, 0.2) is 11.6 Å². The SMILES string of the molecule is NCCCc1ccc(Oc2ccccc2F)cc1. The maximum absolute atomic E-state index is 13.4. The molecule has 0 heterocycles. The van der Waals surface area contributed by atoms with Crippen LogP contribution in [0.2, 0.25) is 0 Å². The first-order chi connectivity index (χ1) is 8.79. The summed E-state index contributed by atoms with van der Waals surface area (Å²) in [5, 5.41) is 0. The Bertz CT molecular complexity index is 496. The third kappa shape index (κ3) is 3.31. The van der Waals surface area contributed by atoms with E-state index in [1.165, 1.54) is 11.6 Å². The number of rotatable bonds is 5. The zero-order valence-electron chi connectivity index (χ0n) is 10.1. The molecule has 0 bridgehead atoms. The maximum atomic E-state index is 13.4. The molecule has 0 spiro atoms. The summed E-state index contributed by atoms with van der Waals surface area (Å²) in [6, 6.07) is 14.0. The number of nitrogens with two attached hydrogens (primary N) is 1. The summed E-state index contributed by atoms with van der Waals surface area (Å²) >= 11 is 0. The van der Waals surface area contributed by atoms with Crippen molar-refractivity contribution in [1.29, 1.82) is 0 Å². The van der Waals surface area contributed by atoms with Crippen molar-refractivity contribution in [3.63, 3.8) is 0 Å². The smallest absolute Gasteiger partial charge is 0.165 e. The Labute approximate surface area is 106 Å². The highest BCUT2D eigenvalue weighted by Gasteiger charge is 2.03. The molecule has 0 unspecified atom stereocenters. The van der Waals surface area contributed by atoms with Crippen molar-refractivity contribution in [2.45, 2.75) is 12.8 Å². The van der Waals surface area contributed by atoms with Crippen LogP contribution >= 0.6 is 0 Å². The van der Waals surface area contributed by atoms with Gasteiger partial charge in [0.1, 0.15) is 5.75 Å². The molecule has 0 aliphatic heterocycles. The Morgan fingerprint density at radius 2 is 1.72 bits per heavy atom. The molecule has 0 saturated carbocycles. The van der Waals surface area contributed by atoms with E-state index in [4.69, 9.17) is 10.5 Å². The molecule has 94 valence electrons. The van der Waals surface area contributed by atoms with Crippen LogP contribution < -0.4 is 10.5 Å². The fraction of sp³-hybridized carbons (Fsp3) is 0.200. The summed E-state index contributed by atoms with van der Waals surface area (Å²) in [7, 11) is 0. The average molecular weight is 245 g/mol. The summed E-state index contributed by atoms with van der Waals surface area (Å²) in [6.07, 6.45) is 1.92. The molecule has 2 N–H and O–H groups in total. The number of hydrogen-bond acceptors (Lipinski definition) is 2. The molecule has 0 atom stereocenters. The summed E-state index contributed by atoms with van der Waals surface area (Å²) in [5.41, 5.74) is 6.67. The molecule has 0 amide bonds. The lowest BCUT2D eigenvalue weighted by Gasteiger charge is -2.07. The van der Waals surface area contributed by atoms with Crippen molar-refractivity contribution in [2.75, 3.05) is 6.54 Å². The van der Waals surface area contributed by atoms with Gasteiger partial charge in [-0.2, -0.15) is 0 Å². The van der Waals surface area contributed by atoms with E-state index < -0.39 is 0 Å². The predicted molar refractivity (Wildman–Crippen MR) is 70.3 cm³/mol. The Kier molecular flexibility index (Phi) is 4.31. The van der Waals surface area contributed by atoms with Crippen LogP contribution in [0.15, 0.2) is 48.5 Å². The van der Waals surface area contributed by atoms with E-state index in [0.717, 1.165) is 12.8 Å². The van der Waals surface area contributed by atoms with Crippen LogP contribution in [0, 0.1) is 5.82 Å². The van der Waals surface area contributed by atoms with Gasteiger partial charge >= 0.3 is 0 Å². The van der Waals surface area contributed by atoms with Crippen molar-refractivity contribution in [3.05, 3.63) is 59.9 Å². The van der Waals surface area contributed by atoms with Crippen LogP contribution in [0.4, 0.5) is 4.39 Å². The summed E-state index contributed by atoms with van der Waals surface area (Å²) < 4.78 is 18.9. The van der Waals surface area contributed by atoms with E-state index in [9.17, 15) is 4.39 Å². The lowest BCUT2D eigenvalue weighted by molar-refractivity contribution is 0.442. The van der Waals surface area contributed by atoms with Crippen LogP contribution in [0.1, 0.15) is 12.0 Å². The standard InChI is InChI=1S/C15H16FNO/c16-14-5-1-2-6-15(14)18-13-9-7-12(8-10-13)4-3-11-17/h1-2,5-10H,3-4,11,17H2. The maximum Gasteiger partial charge on any atom is 0.165 e. The van der Waals surface area contributed by atoms with E-state index in [1.807, 2.05) is 24.3 Å². The molecule has 18 heavy (non-hydrogen) atoms. The highest BCUT2D eigenvalue weighted by Crippen LogP contribution is 2.24. The Hall–Kier alpha value is -1.87. The molecule has 0 aliphatic rings. The van der Waals surface area contributed by atoms with Crippen LogP contribution in [0.3, 0.4) is 0 Å². The Morgan fingerprint density at radius 1 is 1.00 bits per heavy atom. The molecule has 2 rings (SSSR count). The summed E-state index contributed by atoms with van der Waals surface area (Å²) in [6.45, 7) is 0.688. The van der Waals surface area contributed by atoms with Crippen LogP contribution in [-0.2, 0) is 6.42 Å². The fourth-order valence-electron chi connectivity index (χ4n) is 1.68. The highest BCUT2D eigenvalue weighted by atomic mass is 19.1. The topological polar surface area (TPSA) is 35.2 Å². The lowest BCUT2D eigenvalue weighted by atomic mass is 10.1. The van der Waals surface area contributed by atoms with Crippen molar-refractivity contribution in [1.82, 2.24) is 0 Å². The van der Waals surface area contributed by atoms with Gasteiger partial charge in [0, 0.05) is 0 Å². The van der Waals surface area contributed by atoms with Gasteiger partial charge in [0.25, 0.3) is 0 Å². The second-order valence-electron chi connectivity index (χ2n) is 4.07. The summed E-state index contributed by atoms with van der Waals surface area (Å²) in [4.78, 5) is 0. The van der Waals surface area contributed by atoms with E-state index >= 15 is 0 Å². The zero-order valence-corrected chi connectivity index (χ0v) is 10.1. The van der Waals surface area contributed by atoms with E-state index in [1.54, 1.807) is 18.2 Å². The molecule has 0 aliphatic carbocycles. The Morgan fingerprint density at radius 3 is 2.39 bits per heavy atom. The molecule has 2 aromatic carbocycles. The third-order valence-electron chi connectivity index (χ3n) is 2.66. The summed E-state index contributed by atoms with van der Waals surface area (Å²) in [5.74, 6) is 0.522. The number of aryl methyl sites for hydroxylation is 1. The zero-order chi connectivity index (χ0) is 12.8. The van der Waals surface area contributed by atoms with Crippen LogP contribution in [0.5, 0.6) is 11.5 Å². The molecule has 2 aromatic rings. The van der Waals surface area contributed by atoms with Crippen molar-refractivity contribution in [3.8, 4) is 11.5 Å².